The van der Waals surface area contributed by atoms with Crippen molar-refractivity contribution in [3.8, 4) is 0 Å². The van der Waals surface area contributed by atoms with Crippen molar-refractivity contribution in [3.05, 3.63) is 59.7 Å². The molecule has 2 aromatic rings. The maximum absolute atomic E-state index is 14.5. The molecule has 4 heteroatoms. The Kier molecular flexibility index (Phi) is 10.9. The number of halogens is 1. The molecule has 0 bridgehead atoms. The summed E-state index contributed by atoms with van der Waals surface area (Å²) in [5, 5.41) is 0. The van der Waals surface area contributed by atoms with Gasteiger partial charge in [-0.15, -0.1) is 0 Å². The third kappa shape index (κ3) is 7.78. The number of hydrogen-bond donors (Lipinski definition) is 0. The van der Waals surface area contributed by atoms with Crippen molar-refractivity contribution in [1.29, 1.82) is 0 Å². The molecular weight excluding hydrogens is 483 g/mol. The molecule has 0 saturated carbocycles. The van der Waals surface area contributed by atoms with Gasteiger partial charge in [-0.25, -0.2) is 4.39 Å². The van der Waals surface area contributed by atoms with E-state index in [-0.39, 0.29) is 11.5 Å². The Labute approximate surface area is 239 Å². The van der Waals surface area contributed by atoms with Crippen molar-refractivity contribution >= 4 is 11.4 Å². The number of hydrogen-bond acceptors (Lipinski definition) is 3. The Morgan fingerprint density at radius 1 is 0.590 bits per heavy atom. The van der Waals surface area contributed by atoms with E-state index in [9.17, 15) is 4.39 Å². The van der Waals surface area contributed by atoms with E-state index >= 15 is 0 Å². The van der Waals surface area contributed by atoms with Gasteiger partial charge in [0.1, 0.15) is 5.67 Å². The molecule has 218 valence electrons. The molecule has 2 aliphatic rings. The lowest BCUT2D eigenvalue weighted by molar-refractivity contribution is -0.0650. The van der Waals surface area contributed by atoms with Crippen molar-refractivity contribution in [2.24, 2.45) is 11.8 Å². The molecule has 2 heterocycles. The number of rotatable bonds is 7. The Balaban J connectivity index is 0.000000216. The van der Waals surface area contributed by atoms with Crippen molar-refractivity contribution in [2.45, 2.75) is 104 Å². The SMILES string of the molecule is CC(C)c1ccc(N2CCC(F)(C(C)C)CC2)cc1.COC1(C(C)C)CCN(c2ccc(C(C)C)cc2)CC1. The first kappa shape index (κ1) is 31.5. The monoisotopic (exact) mass is 538 g/mol. The van der Waals surface area contributed by atoms with Crippen LogP contribution in [0.2, 0.25) is 0 Å². The predicted octanol–water partition coefficient (Wildman–Crippen LogP) is 9.23. The Hall–Kier alpha value is -2.07. The lowest BCUT2D eigenvalue weighted by Crippen LogP contribution is -2.48. The summed E-state index contributed by atoms with van der Waals surface area (Å²) in [6.45, 7) is 21.3. The van der Waals surface area contributed by atoms with Crippen molar-refractivity contribution < 1.29 is 9.13 Å². The molecule has 2 aromatic carbocycles. The van der Waals surface area contributed by atoms with Gasteiger partial charge in [0.25, 0.3) is 0 Å². The Morgan fingerprint density at radius 2 is 0.949 bits per heavy atom. The van der Waals surface area contributed by atoms with E-state index in [1.54, 1.807) is 0 Å². The Morgan fingerprint density at radius 3 is 1.23 bits per heavy atom. The second-order valence-corrected chi connectivity index (χ2v) is 13.1. The van der Waals surface area contributed by atoms with Gasteiger partial charge in [0.2, 0.25) is 0 Å². The van der Waals surface area contributed by atoms with E-state index < -0.39 is 5.67 Å². The highest BCUT2D eigenvalue weighted by Crippen LogP contribution is 2.36. The maximum atomic E-state index is 14.5. The molecule has 2 aliphatic heterocycles. The van der Waals surface area contributed by atoms with Gasteiger partial charge in [-0.2, -0.15) is 0 Å². The number of benzene rings is 2. The standard InChI is InChI=1S/C18H29NO.C17H26FN/c1-14(2)16-6-8-17(9-7-16)19-12-10-18(20-5,11-13-19)15(3)4;1-13(2)15-5-7-16(8-6-15)19-11-9-17(18,10-12-19)14(3)4/h6-9,14-15H,10-13H2,1-5H3;5-8,13-14H,9-12H2,1-4H3. The van der Waals surface area contributed by atoms with Crippen LogP contribution in [0.25, 0.3) is 0 Å². The highest BCUT2D eigenvalue weighted by atomic mass is 19.1. The summed E-state index contributed by atoms with van der Waals surface area (Å²) in [4.78, 5) is 4.80. The summed E-state index contributed by atoms with van der Waals surface area (Å²) in [5.74, 6) is 1.87. The zero-order valence-corrected chi connectivity index (χ0v) is 26.3. The van der Waals surface area contributed by atoms with E-state index in [0.717, 1.165) is 39.0 Å². The number of piperidine rings is 2. The molecule has 3 nitrogen and oxygen atoms in total. The fourth-order valence-electron chi connectivity index (χ4n) is 6.01. The fourth-order valence-corrected chi connectivity index (χ4v) is 6.01. The average Bonchev–Trinajstić information content (AvgIpc) is 2.94. The second-order valence-electron chi connectivity index (χ2n) is 13.1. The van der Waals surface area contributed by atoms with E-state index in [1.165, 1.54) is 22.5 Å². The first-order valence-electron chi connectivity index (χ1n) is 15.3. The van der Waals surface area contributed by atoms with E-state index in [0.29, 0.717) is 30.6 Å². The van der Waals surface area contributed by atoms with Crippen LogP contribution in [0.1, 0.15) is 104 Å². The summed E-state index contributed by atoms with van der Waals surface area (Å²) in [6, 6.07) is 17.8. The van der Waals surface area contributed by atoms with Crippen LogP contribution < -0.4 is 9.80 Å². The maximum Gasteiger partial charge on any atom is 0.116 e. The minimum atomic E-state index is -0.964. The highest BCUT2D eigenvalue weighted by Gasteiger charge is 2.38. The first-order chi connectivity index (χ1) is 18.4. The van der Waals surface area contributed by atoms with E-state index in [1.807, 2.05) is 21.0 Å². The molecule has 0 spiro atoms. The molecule has 0 radical (unpaired) electrons. The zero-order chi connectivity index (χ0) is 28.8. The van der Waals surface area contributed by atoms with E-state index in [2.05, 4.69) is 99.9 Å². The largest absolute Gasteiger partial charge is 0.378 e. The van der Waals surface area contributed by atoms with Crippen molar-refractivity contribution in [2.75, 3.05) is 43.1 Å². The Bertz CT molecular complexity index is 980. The van der Waals surface area contributed by atoms with Gasteiger partial charge in [0.05, 0.1) is 5.60 Å². The van der Waals surface area contributed by atoms with Gasteiger partial charge in [-0.05, 0) is 84.7 Å². The van der Waals surface area contributed by atoms with Crippen LogP contribution >= 0.6 is 0 Å². The summed E-state index contributed by atoms with van der Waals surface area (Å²) in [7, 11) is 1.87. The van der Waals surface area contributed by atoms with Gasteiger partial charge < -0.3 is 14.5 Å². The normalized spacial score (nSPS) is 19.0. The minimum absolute atomic E-state index is 0.0778. The van der Waals surface area contributed by atoms with Crippen LogP contribution in [-0.4, -0.2) is 44.6 Å². The number of methoxy groups -OCH3 is 1. The van der Waals surface area contributed by atoms with Crippen LogP contribution in [0.3, 0.4) is 0 Å². The molecule has 0 N–H and O–H groups in total. The molecule has 4 rings (SSSR count). The summed E-state index contributed by atoms with van der Waals surface area (Å²) in [5.41, 5.74) is 4.47. The van der Waals surface area contributed by atoms with E-state index in [4.69, 9.17) is 4.74 Å². The summed E-state index contributed by atoms with van der Waals surface area (Å²) < 4.78 is 20.4. The molecule has 0 atom stereocenters. The summed E-state index contributed by atoms with van der Waals surface area (Å²) in [6.07, 6.45) is 3.54. The number of ether oxygens (including phenoxy) is 1. The summed E-state index contributed by atoms with van der Waals surface area (Å²) >= 11 is 0. The highest BCUT2D eigenvalue weighted by molar-refractivity contribution is 5.49. The number of nitrogens with zero attached hydrogens (tertiary/aromatic N) is 2. The average molecular weight is 539 g/mol. The smallest absolute Gasteiger partial charge is 0.116 e. The molecule has 0 aliphatic carbocycles. The third-order valence-corrected chi connectivity index (χ3v) is 9.55. The molecule has 0 unspecified atom stereocenters. The van der Waals surface area contributed by atoms with Crippen LogP contribution in [0.5, 0.6) is 0 Å². The predicted molar refractivity (Wildman–Crippen MR) is 167 cm³/mol. The molecule has 2 fully saturated rings. The molecular formula is C35H55FN2O. The van der Waals surface area contributed by atoms with Gasteiger partial charge >= 0.3 is 0 Å². The molecule has 0 amide bonds. The number of anilines is 2. The fraction of sp³-hybridized carbons (Fsp3) is 0.657. The van der Waals surface area contributed by atoms with Gasteiger partial charge in [0.15, 0.2) is 0 Å². The van der Waals surface area contributed by atoms with Crippen molar-refractivity contribution in [3.63, 3.8) is 0 Å². The third-order valence-electron chi connectivity index (χ3n) is 9.55. The van der Waals surface area contributed by atoms with Crippen LogP contribution in [-0.2, 0) is 4.74 Å². The van der Waals surface area contributed by atoms with Crippen LogP contribution in [0.4, 0.5) is 15.8 Å². The van der Waals surface area contributed by atoms with Crippen LogP contribution in [0.15, 0.2) is 48.5 Å². The number of alkyl halides is 1. The zero-order valence-electron chi connectivity index (χ0n) is 26.3. The molecule has 0 aromatic heterocycles. The second kappa shape index (κ2) is 13.5. The van der Waals surface area contributed by atoms with Crippen LogP contribution in [0, 0.1) is 11.8 Å². The van der Waals surface area contributed by atoms with Gasteiger partial charge in [-0.3, -0.25) is 0 Å². The van der Waals surface area contributed by atoms with Gasteiger partial charge in [0, 0.05) is 44.7 Å². The molecule has 39 heavy (non-hydrogen) atoms. The minimum Gasteiger partial charge on any atom is -0.378 e. The quantitative estimate of drug-likeness (QED) is 0.349. The van der Waals surface area contributed by atoms with Gasteiger partial charge in [-0.1, -0.05) is 79.7 Å². The first-order valence-corrected chi connectivity index (χ1v) is 15.3. The van der Waals surface area contributed by atoms with Crippen molar-refractivity contribution in [1.82, 2.24) is 0 Å². The molecule has 2 saturated heterocycles. The topological polar surface area (TPSA) is 15.7 Å². The lowest BCUT2D eigenvalue weighted by Gasteiger charge is -2.44. The lowest BCUT2D eigenvalue weighted by atomic mass is 9.81.